The fourth-order valence-electron chi connectivity index (χ4n) is 3.61. The Morgan fingerprint density at radius 3 is 2.38 bits per heavy atom. The number of fused-ring (bicyclic) bond motifs is 1. The Balaban J connectivity index is 1.72. The number of halogens is 2. The van der Waals surface area contributed by atoms with Crippen molar-refractivity contribution in [3.8, 4) is 0 Å². The summed E-state index contributed by atoms with van der Waals surface area (Å²) in [6, 6.07) is 21.8. The molecule has 4 nitrogen and oxygen atoms in total. The van der Waals surface area contributed by atoms with Gasteiger partial charge in [-0.05, 0) is 35.9 Å². The van der Waals surface area contributed by atoms with E-state index in [9.17, 15) is 14.7 Å². The average Bonchev–Trinajstić information content (AvgIpc) is 2.90. The van der Waals surface area contributed by atoms with Crippen LogP contribution in [0.1, 0.15) is 27.9 Å². The molecule has 1 heterocycles. The topological polar surface area (TPSA) is 57.6 Å². The number of hydrogen-bond acceptors (Lipinski definition) is 3. The van der Waals surface area contributed by atoms with Gasteiger partial charge in [0.2, 0.25) is 0 Å². The van der Waals surface area contributed by atoms with Crippen molar-refractivity contribution >= 4 is 49.2 Å². The smallest absolute Gasteiger partial charge is 0.264 e. The first-order valence-corrected chi connectivity index (χ1v) is 10.6. The zero-order valence-electron chi connectivity index (χ0n) is 15.3. The molecular weight excluding hydrogens is 498 g/mol. The van der Waals surface area contributed by atoms with E-state index in [4.69, 9.17) is 0 Å². The molecular formula is C23H17Br2NO3. The maximum Gasteiger partial charge on any atom is 0.264 e. The molecule has 0 aliphatic carbocycles. The standard InChI is InChI=1S/C23H17Br2NO3/c24-17-8-4-7-16(11-17)21(27)13-23(29)19-12-18(25)9-10-20(19)26(22(23)28)14-15-5-2-1-3-6-15/h1-12,29H,13-14H2/t23-/m0/s1. The highest BCUT2D eigenvalue weighted by molar-refractivity contribution is 9.10. The Labute approximate surface area is 185 Å². The lowest BCUT2D eigenvalue weighted by Crippen LogP contribution is -2.41. The second-order valence-electron chi connectivity index (χ2n) is 7.01. The van der Waals surface area contributed by atoms with E-state index in [0.717, 1.165) is 14.5 Å². The monoisotopic (exact) mass is 513 g/mol. The van der Waals surface area contributed by atoms with Crippen molar-refractivity contribution < 1.29 is 14.7 Å². The number of nitrogens with zero attached hydrogens (tertiary/aromatic N) is 1. The van der Waals surface area contributed by atoms with E-state index < -0.39 is 11.5 Å². The summed E-state index contributed by atoms with van der Waals surface area (Å²) in [5.74, 6) is -0.785. The second kappa shape index (κ2) is 7.86. The SMILES string of the molecule is O=C(C[C@@]1(O)C(=O)N(Cc2ccccc2)c2ccc(Br)cc21)c1cccc(Br)c1. The number of benzene rings is 3. The van der Waals surface area contributed by atoms with E-state index in [1.807, 2.05) is 42.5 Å². The lowest BCUT2D eigenvalue weighted by molar-refractivity contribution is -0.136. The average molecular weight is 515 g/mol. The molecule has 146 valence electrons. The summed E-state index contributed by atoms with van der Waals surface area (Å²) >= 11 is 6.77. The van der Waals surface area contributed by atoms with Crippen LogP contribution in [0.4, 0.5) is 5.69 Å². The van der Waals surface area contributed by atoms with E-state index in [-0.39, 0.29) is 12.2 Å². The molecule has 0 unspecified atom stereocenters. The van der Waals surface area contributed by atoms with Gasteiger partial charge in [0.05, 0.1) is 18.7 Å². The third kappa shape index (κ3) is 3.80. The predicted octanol–water partition coefficient (Wildman–Crippen LogP) is 5.22. The van der Waals surface area contributed by atoms with Gasteiger partial charge >= 0.3 is 0 Å². The van der Waals surface area contributed by atoms with Crippen LogP contribution in [-0.4, -0.2) is 16.8 Å². The van der Waals surface area contributed by atoms with Crippen molar-refractivity contribution in [3.63, 3.8) is 0 Å². The van der Waals surface area contributed by atoms with Gasteiger partial charge in [-0.2, -0.15) is 0 Å². The molecule has 29 heavy (non-hydrogen) atoms. The Bertz CT molecular complexity index is 1100. The molecule has 0 aromatic heterocycles. The van der Waals surface area contributed by atoms with Crippen molar-refractivity contribution in [1.29, 1.82) is 0 Å². The molecule has 0 saturated heterocycles. The summed E-state index contributed by atoms with van der Waals surface area (Å²) in [5.41, 5.74) is 0.534. The molecule has 0 fully saturated rings. The van der Waals surface area contributed by atoms with Gasteiger partial charge in [-0.1, -0.05) is 74.3 Å². The molecule has 3 aromatic rings. The van der Waals surface area contributed by atoms with E-state index in [1.54, 1.807) is 35.2 Å². The molecule has 1 N–H and O–H groups in total. The van der Waals surface area contributed by atoms with Gasteiger partial charge in [-0.3, -0.25) is 9.59 Å². The number of Topliss-reactive ketones (excluding diaryl/α,β-unsaturated/α-hetero) is 1. The molecule has 3 aromatic carbocycles. The van der Waals surface area contributed by atoms with Crippen LogP contribution < -0.4 is 4.90 Å². The molecule has 1 aliphatic heterocycles. The quantitative estimate of drug-likeness (QED) is 0.475. The van der Waals surface area contributed by atoms with Crippen LogP contribution >= 0.6 is 31.9 Å². The van der Waals surface area contributed by atoms with Gasteiger partial charge in [0, 0.05) is 20.1 Å². The minimum Gasteiger partial charge on any atom is -0.375 e. The van der Waals surface area contributed by atoms with Crippen molar-refractivity contribution in [1.82, 2.24) is 0 Å². The fraction of sp³-hybridized carbons (Fsp3) is 0.130. The van der Waals surface area contributed by atoms with Gasteiger partial charge in [0.25, 0.3) is 5.91 Å². The summed E-state index contributed by atoms with van der Waals surface area (Å²) in [6.07, 6.45) is -0.322. The number of anilines is 1. The zero-order valence-corrected chi connectivity index (χ0v) is 18.5. The first-order chi connectivity index (χ1) is 13.9. The Hall–Kier alpha value is -2.28. The van der Waals surface area contributed by atoms with E-state index in [1.165, 1.54) is 0 Å². The Morgan fingerprint density at radius 2 is 1.66 bits per heavy atom. The van der Waals surface area contributed by atoms with Crippen LogP contribution in [0.5, 0.6) is 0 Å². The number of aliphatic hydroxyl groups is 1. The van der Waals surface area contributed by atoms with Crippen LogP contribution in [0.25, 0.3) is 0 Å². The molecule has 0 saturated carbocycles. The number of rotatable bonds is 5. The predicted molar refractivity (Wildman–Crippen MR) is 119 cm³/mol. The van der Waals surface area contributed by atoms with Gasteiger partial charge in [-0.25, -0.2) is 0 Å². The number of carbonyl (C=O) groups excluding carboxylic acids is 2. The van der Waals surface area contributed by atoms with E-state index in [2.05, 4.69) is 31.9 Å². The third-order valence-corrected chi connectivity index (χ3v) is 6.03. The lowest BCUT2D eigenvalue weighted by Gasteiger charge is -2.23. The molecule has 0 bridgehead atoms. The lowest BCUT2D eigenvalue weighted by atomic mass is 9.88. The summed E-state index contributed by atoms with van der Waals surface area (Å²) in [4.78, 5) is 27.8. The molecule has 1 aliphatic rings. The normalized spacial score (nSPS) is 18.0. The minimum absolute atomic E-state index is 0.297. The highest BCUT2D eigenvalue weighted by atomic mass is 79.9. The third-order valence-electron chi connectivity index (χ3n) is 5.04. The number of amides is 1. The maximum absolute atomic E-state index is 13.3. The summed E-state index contributed by atoms with van der Waals surface area (Å²) in [6.45, 7) is 0.321. The highest BCUT2D eigenvalue weighted by Gasteiger charge is 2.51. The van der Waals surface area contributed by atoms with Crippen molar-refractivity contribution in [2.24, 2.45) is 0 Å². The molecule has 1 amide bonds. The Kier molecular flexibility index (Phi) is 5.42. The molecule has 6 heteroatoms. The molecule has 0 radical (unpaired) electrons. The van der Waals surface area contributed by atoms with Crippen LogP contribution in [0.15, 0.2) is 81.7 Å². The van der Waals surface area contributed by atoms with Crippen molar-refractivity contribution in [2.45, 2.75) is 18.6 Å². The summed E-state index contributed by atoms with van der Waals surface area (Å²) in [5, 5.41) is 11.4. The molecule has 4 rings (SSSR count). The minimum atomic E-state index is -1.91. The van der Waals surface area contributed by atoms with Gasteiger partial charge in [-0.15, -0.1) is 0 Å². The first kappa shape index (κ1) is 20.0. The van der Waals surface area contributed by atoms with Crippen LogP contribution in [-0.2, 0) is 16.9 Å². The van der Waals surface area contributed by atoms with Gasteiger partial charge in [0.15, 0.2) is 11.4 Å². The van der Waals surface area contributed by atoms with Crippen molar-refractivity contribution in [3.05, 3.63) is 98.4 Å². The number of carbonyl (C=O) groups is 2. The summed E-state index contributed by atoms with van der Waals surface area (Å²) < 4.78 is 1.50. The van der Waals surface area contributed by atoms with Crippen LogP contribution in [0.3, 0.4) is 0 Å². The van der Waals surface area contributed by atoms with Crippen LogP contribution in [0.2, 0.25) is 0 Å². The van der Waals surface area contributed by atoms with E-state index in [0.29, 0.717) is 23.4 Å². The van der Waals surface area contributed by atoms with Crippen LogP contribution in [0, 0.1) is 0 Å². The highest BCUT2D eigenvalue weighted by Crippen LogP contribution is 2.44. The zero-order chi connectivity index (χ0) is 20.6. The number of ketones is 1. The molecule has 0 spiro atoms. The van der Waals surface area contributed by atoms with E-state index >= 15 is 0 Å². The fourth-order valence-corrected chi connectivity index (χ4v) is 4.37. The maximum atomic E-state index is 13.3. The Morgan fingerprint density at radius 1 is 0.931 bits per heavy atom. The molecule has 1 atom stereocenters. The second-order valence-corrected chi connectivity index (χ2v) is 8.84. The van der Waals surface area contributed by atoms with Gasteiger partial charge in [0.1, 0.15) is 0 Å². The van der Waals surface area contributed by atoms with Gasteiger partial charge < -0.3 is 10.0 Å². The summed E-state index contributed by atoms with van der Waals surface area (Å²) in [7, 11) is 0. The number of hydrogen-bond donors (Lipinski definition) is 1. The van der Waals surface area contributed by atoms with Crippen molar-refractivity contribution in [2.75, 3.05) is 4.90 Å². The first-order valence-electron chi connectivity index (χ1n) is 9.05. The largest absolute Gasteiger partial charge is 0.375 e.